The predicted octanol–water partition coefficient (Wildman–Crippen LogP) is 3.89. The first-order chi connectivity index (χ1) is 14.9. The molecule has 0 saturated carbocycles. The molecule has 162 valence electrons. The van der Waals surface area contributed by atoms with E-state index in [1.807, 2.05) is 30.3 Å². The molecule has 2 aromatic rings. The molecule has 12 heteroatoms. The summed E-state index contributed by atoms with van der Waals surface area (Å²) in [7, 11) is 2.77. The van der Waals surface area contributed by atoms with E-state index in [0.29, 0.717) is 22.3 Å². The van der Waals surface area contributed by atoms with Gasteiger partial charge in [0.05, 0.1) is 4.92 Å². The molecule has 9 nitrogen and oxygen atoms in total. The van der Waals surface area contributed by atoms with Crippen molar-refractivity contribution in [3.8, 4) is 0 Å². The highest BCUT2D eigenvalue weighted by Crippen LogP contribution is 2.34. The van der Waals surface area contributed by atoms with E-state index in [0.717, 1.165) is 4.90 Å². The Kier molecular flexibility index (Phi) is 8.32. The number of hydroxylamine groups is 2. The molecule has 31 heavy (non-hydrogen) atoms. The number of amides is 2. The summed E-state index contributed by atoms with van der Waals surface area (Å²) in [6, 6.07) is 12.2. The van der Waals surface area contributed by atoms with Crippen LogP contribution in [0.1, 0.15) is 19.3 Å². The van der Waals surface area contributed by atoms with Crippen molar-refractivity contribution >= 4 is 56.8 Å². The lowest BCUT2D eigenvalue weighted by Gasteiger charge is -2.18. The monoisotopic (exact) mass is 479 g/mol. The van der Waals surface area contributed by atoms with Gasteiger partial charge < -0.3 is 4.84 Å². The van der Waals surface area contributed by atoms with Gasteiger partial charge in [0.1, 0.15) is 16.5 Å². The zero-order valence-corrected chi connectivity index (χ0v) is 18.5. The number of imide groups is 1. The van der Waals surface area contributed by atoms with Gasteiger partial charge in [-0.3, -0.25) is 19.7 Å². The minimum atomic E-state index is -0.656. The summed E-state index contributed by atoms with van der Waals surface area (Å²) in [6.07, 6.45) is 1.69. The number of hydrogen-bond donors (Lipinski definition) is 0. The number of benzene rings is 1. The number of thioether (sulfide) groups is 1. The van der Waals surface area contributed by atoms with Crippen LogP contribution >= 0.6 is 33.3 Å². The molecule has 0 N–H and O–H groups in total. The van der Waals surface area contributed by atoms with Crippen molar-refractivity contribution in [2.45, 2.75) is 34.4 Å². The Morgan fingerprint density at radius 3 is 2.48 bits per heavy atom. The molecule has 1 atom stereocenters. The molecule has 1 aliphatic rings. The third-order valence-electron chi connectivity index (χ3n) is 4.01. The molecule has 1 aromatic carbocycles. The first-order valence-corrected chi connectivity index (χ1v) is 12.3. The number of hydrogen-bond acceptors (Lipinski definition) is 10. The van der Waals surface area contributed by atoms with Crippen LogP contribution in [0.5, 0.6) is 0 Å². The first kappa shape index (κ1) is 23.1. The largest absolute Gasteiger partial charge is 0.346 e. The fourth-order valence-electron chi connectivity index (χ4n) is 2.48. The molecule has 3 rings (SSSR count). The number of carbonyl (C=O) groups is 3. The van der Waals surface area contributed by atoms with Crippen LogP contribution < -0.4 is 0 Å². The molecule has 1 fully saturated rings. The lowest BCUT2D eigenvalue weighted by Crippen LogP contribution is -2.35. The molecule has 0 bridgehead atoms. The Balaban J connectivity index is 1.57. The van der Waals surface area contributed by atoms with Gasteiger partial charge in [-0.1, -0.05) is 29.0 Å². The SMILES string of the molecule is O=C(ON1C(=O)CCC1=O)C(CCSSc1ccc([N+](=O)[O-])cn1)Sc1ccccc1. The van der Waals surface area contributed by atoms with E-state index in [1.165, 1.54) is 45.6 Å². The van der Waals surface area contributed by atoms with Crippen LogP contribution in [0.15, 0.2) is 58.6 Å². The van der Waals surface area contributed by atoms with Gasteiger partial charge >= 0.3 is 5.97 Å². The Labute approximate surface area is 189 Å². The van der Waals surface area contributed by atoms with Gasteiger partial charge in [-0.25, -0.2) is 9.78 Å². The third-order valence-corrected chi connectivity index (χ3v) is 7.57. The summed E-state index contributed by atoms with van der Waals surface area (Å²) in [5.74, 6) is -1.14. The van der Waals surface area contributed by atoms with Crippen molar-refractivity contribution < 1.29 is 24.1 Å². The Morgan fingerprint density at radius 1 is 1.16 bits per heavy atom. The Morgan fingerprint density at radius 2 is 1.87 bits per heavy atom. The second-order valence-corrected chi connectivity index (χ2v) is 9.93. The summed E-state index contributed by atoms with van der Waals surface area (Å²) in [5, 5.41) is 11.2. The number of aromatic nitrogens is 1. The van der Waals surface area contributed by atoms with Gasteiger partial charge in [-0.15, -0.1) is 16.8 Å². The van der Waals surface area contributed by atoms with Gasteiger partial charge in [0.2, 0.25) is 0 Å². The first-order valence-electron chi connectivity index (χ1n) is 9.13. The highest BCUT2D eigenvalue weighted by atomic mass is 33.1. The highest BCUT2D eigenvalue weighted by Gasteiger charge is 2.35. The lowest BCUT2D eigenvalue weighted by molar-refractivity contribution is -0.385. The molecule has 0 spiro atoms. The van der Waals surface area contributed by atoms with E-state index in [4.69, 9.17) is 4.84 Å². The molecule has 0 radical (unpaired) electrons. The maximum absolute atomic E-state index is 12.7. The van der Waals surface area contributed by atoms with Gasteiger partial charge in [0.25, 0.3) is 17.5 Å². The number of carbonyl (C=O) groups excluding carboxylic acids is 3. The summed E-state index contributed by atoms with van der Waals surface area (Å²) >= 11 is 1.30. The summed E-state index contributed by atoms with van der Waals surface area (Å²) in [5.41, 5.74) is -0.0811. The van der Waals surface area contributed by atoms with E-state index >= 15 is 0 Å². The summed E-state index contributed by atoms with van der Waals surface area (Å²) < 4.78 is 0. The number of rotatable bonds is 10. The second kappa shape index (κ2) is 11.2. The maximum atomic E-state index is 12.7. The van der Waals surface area contributed by atoms with Crippen molar-refractivity contribution in [3.63, 3.8) is 0 Å². The van der Waals surface area contributed by atoms with Crippen LogP contribution in [0.25, 0.3) is 0 Å². The minimum Gasteiger partial charge on any atom is -0.329 e. The van der Waals surface area contributed by atoms with Gasteiger partial charge in [0.15, 0.2) is 0 Å². The molecular weight excluding hydrogens is 462 g/mol. The van der Waals surface area contributed by atoms with E-state index < -0.39 is 28.0 Å². The predicted molar refractivity (Wildman–Crippen MR) is 117 cm³/mol. The normalized spacial score (nSPS) is 14.5. The van der Waals surface area contributed by atoms with Gasteiger partial charge in [-0.2, -0.15) is 0 Å². The smallest absolute Gasteiger partial charge is 0.329 e. The minimum absolute atomic E-state index is 0.0390. The molecule has 0 aliphatic carbocycles. The fraction of sp³-hybridized carbons (Fsp3) is 0.263. The zero-order valence-electron chi connectivity index (χ0n) is 16.0. The summed E-state index contributed by atoms with van der Waals surface area (Å²) in [4.78, 5) is 56.3. The number of nitrogens with zero attached hydrogens (tertiary/aromatic N) is 3. The topological polar surface area (TPSA) is 120 Å². The van der Waals surface area contributed by atoms with Crippen molar-refractivity contribution in [2.75, 3.05) is 5.75 Å². The van der Waals surface area contributed by atoms with E-state index in [2.05, 4.69) is 4.98 Å². The van der Waals surface area contributed by atoms with E-state index in [-0.39, 0.29) is 18.5 Å². The molecule has 2 amide bonds. The number of pyridine rings is 1. The third kappa shape index (κ3) is 6.71. The average Bonchev–Trinajstić information content (AvgIpc) is 3.08. The van der Waals surface area contributed by atoms with E-state index in [1.54, 1.807) is 6.07 Å². The van der Waals surface area contributed by atoms with Crippen LogP contribution in [0, 0.1) is 10.1 Å². The molecule has 1 unspecified atom stereocenters. The van der Waals surface area contributed by atoms with Crippen LogP contribution in [0.3, 0.4) is 0 Å². The van der Waals surface area contributed by atoms with Crippen LogP contribution in [-0.4, -0.2) is 43.8 Å². The van der Waals surface area contributed by atoms with Gasteiger partial charge in [-0.05, 0) is 35.4 Å². The molecule has 1 aromatic heterocycles. The average molecular weight is 480 g/mol. The molecule has 1 aliphatic heterocycles. The quantitative estimate of drug-likeness (QED) is 0.124. The molecular formula is C19H17N3O6S3. The second-order valence-electron chi connectivity index (χ2n) is 6.22. The molecule has 2 heterocycles. The lowest BCUT2D eigenvalue weighted by atomic mass is 10.3. The van der Waals surface area contributed by atoms with E-state index in [9.17, 15) is 24.5 Å². The van der Waals surface area contributed by atoms with Gasteiger partial charge in [0, 0.05) is 29.6 Å². The Bertz CT molecular complexity index is 942. The van der Waals surface area contributed by atoms with Crippen molar-refractivity contribution in [1.82, 2.24) is 10.0 Å². The Hall–Kier alpha value is -2.57. The number of nitro groups is 1. The van der Waals surface area contributed by atoms with Crippen molar-refractivity contribution in [1.29, 1.82) is 0 Å². The van der Waals surface area contributed by atoms with Crippen LogP contribution in [0.4, 0.5) is 5.69 Å². The standard InChI is InChI=1S/C19H17N3O6S3/c23-17-8-9-18(24)21(17)28-19(25)15(30-14-4-2-1-3-5-14)10-11-29-31-16-7-6-13(12-20-16)22(26)27/h1-7,12,15H,8-11H2. The maximum Gasteiger partial charge on any atom is 0.346 e. The molecule has 1 saturated heterocycles. The van der Waals surface area contributed by atoms with Crippen LogP contribution in [0.2, 0.25) is 0 Å². The van der Waals surface area contributed by atoms with Crippen LogP contribution in [-0.2, 0) is 19.2 Å². The summed E-state index contributed by atoms with van der Waals surface area (Å²) in [6.45, 7) is 0. The zero-order chi connectivity index (χ0) is 22.2. The van der Waals surface area contributed by atoms with Crippen molar-refractivity contribution in [3.05, 3.63) is 58.8 Å². The highest BCUT2D eigenvalue weighted by molar-refractivity contribution is 8.76. The fourth-order valence-corrected chi connectivity index (χ4v) is 5.60. The van der Waals surface area contributed by atoms with Crippen molar-refractivity contribution in [2.24, 2.45) is 0 Å².